The molecule has 3 atom stereocenters. The summed E-state index contributed by atoms with van der Waals surface area (Å²) < 4.78 is 0. The third-order valence-corrected chi connectivity index (χ3v) is 3.95. The van der Waals surface area contributed by atoms with Crippen molar-refractivity contribution in [1.82, 2.24) is 0 Å². The summed E-state index contributed by atoms with van der Waals surface area (Å²) >= 11 is 0. The lowest BCUT2D eigenvalue weighted by Crippen LogP contribution is -2.41. The third kappa shape index (κ3) is 2.05. The first kappa shape index (κ1) is 12.7. The van der Waals surface area contributed by atoms with E-state index in [2.05, 4.69) is 16.7 Å². The van der Waals surface area contributed by atoms with Crippen molar-refractivity contribution in [3.8, 4) is 0 Å². The quantitative estimate of drug-likeness (QED) is 0.721. The van der Waals surface area contributed by atoms with Crippen LogP contribution in [0.2, 0.25) is 0 Å². The van der Waals surface area contributed by atoms with E-state index in [1.54, 1.807) is 6.07 Å². The van der Waals surface area contributed by atoms with Crippen LogP contribution in [-0.4, -0.2) is 23.0 Å². The highest BCUT2D eigenvalue weighted by molar-refractivity contribution is 5.89. The van der Waals surface area contributed by atoms with Crippen molar-refractivity contribution in [1.29, 1.82) is 0 Å². The topological polar surface area (TPSA) is 78.4 Å². The summed E-state index contributed by atoms with van der Waals surface area (Å²) in [4.78, 5) is 22.5. The molecule has 1 aliphatic carbocycles. The molecule has 104 valence electrons. The minimum Gasteiger partial charge on any atom is -0.480 e. The molecule has 3 N–H and O–H groups in total. The Kier molecular flexibility index (Phi) is 2.97. The molecule has 3 rings (SSSR count). The van der Waals surface area contributed by atoms with Crippen LogP contribution in [0.3, 0.4) is 0 Å². The van der Waals surface area contributed by atoms with E-state index >= 15 is 0 Å². The number of aliphatic carboxylic acids is 1. The number of allylic oxidation sites excluding steroid dienone is 2. The van der Waals surface area contributed by atoms with Gasteiger partial charge in [0.15, 0.2) is 0 Å². The first-order valence-corrected chi connectivity index (χ1v) is 6.64. The van der Waals surface area contributed by atoms with Crippen LogP contribution in [0.15, 0.2) is 30.4 Å². The standard InChI is InChI=1S/C15H16N2O3/c1-8(18)16-9-5-6-13-12(7-9)10-3-2-4-11(10)14(17-13)15(19)20/h2-3,5-7,10-11,14,17H,4H2,1H3,(H,16,18)(H,19,20)/t10-,11-,14+/m1/s1. The van der Waals surface area contributed by atoms with Crippen LogP contribution in [-0.2, 0) is 9.59 Å². The van der Waals surface area contributed by atoms with E-state index in [4.69, 9.17) is 0 Å². The largest absolute Gasteiger partial charge is 0.480 e. The molecule has 0 saturated heterocycles. The molecule has 0 radical (unpaired) electrons. The Hall–Kier alpha value is -2.30. The molecule has 0 spiro atoms. The Labute approximate surface area is 116 Å². The van der Waals surface area contributed by atoms with Crippen LogP contribution in [0.4, 0.5) is 11.4 Å². The molecule has 1 aromatic rings. The Bertz CT molecular complexity index is 609. The SMILES string of the molecule is CC(=O)Nc1ccc2c(c1)[C@@H]1C=CC[C@H]1[C@@H](C(=O)O)N2. The average Bonchev–Trinajstić information content (AvgIpc) is 2.86. The van der Waals surface area contributed by atoms with Crippen LogP contribution in [0.5, 0.6) is 0 Å². The third-order valence-electron chi connectivity index (χ3n) is 3.95. The molecule has 5 heteroatoms. The average molecular weight is 272 g/mol. The summed E-state index contributed by atoms with van der Waals surface area (Å²) in [5.41, 5.74) is 2.62. The minimum atomic E-state index is -0.819. The van der Waals surface area contributed by atoms with Gasteiger partial charge in [-0.25, -0.2) is 4.79 Å². The lowest BCUT2D eigenvalue weighted by molar-refractivity contribution is -0.139. The smallest absolute Gasteiger partial charge is 0.326 e. The number of carboxylic acids is 1. The minimum absolute atomic E-state index is 0.0348. The number of nitrogens with one attached hydrogen (secondary N) is 2. The molecule has 0 unspecified atom stereocenters. The van der Waals surface area contributed by atoms with Crippen molar-refractivity contribution < 1.29 is 14.7 Å². The fourth-order valence-corrected chi connectivity index (χ4v) is 3.12. The Morgan fingerprint density at radius 2 is 2.20 bits per heavy atom. The molecular formula is C15H16N2O3. The van der Waals surface area contributed by atoms with Gasteiger partial charge in [0.1, 0.15) is 6.04 Å². The molecule has 0 aromatic heterocycles. The molecule has 1 aromatic carbocycles. The van der Waals surface area contributed by atoms with E-state index < -0.39 is 12.0 Å². The predicted octanol–water partition coefficient (Wildman–Crippen LogP) is 2.18. The van der Waals surface area contributed by atoms with Crippen molar-refractivity contribution in [2.75, 3.05) is 10.6 Å². The molecule has 20 heavy (non-hydrogen) atoms. The number of carboxylic acid groups (broad SMARTS) is 1. The number of rotatable bonds is 2. The molecule has 2 aliphatic rings. The number of carbonyl (C=O) groups is 2. The van der Waals surface area contributed by atoms with Crippen molar-refractivity contribution in [2.24, 2.45) is 5.92 Å². The molecular weight excluding hydrogens is 256 g/mol. The molecule has 0 saturated carbocycles. The Morgan fingerprint density at radius 3 is 2.90 bits per heavy atom. The predicted molar refractivity (Wildman–Crippen MR) is 75.8 cm³/mol. The Morgan fingerprint density at radius 1 is 1.40 bits per heavy atom. The lowest BCUT2D eigenvalue weighted by Gasteiger charge is -2.34. The first-order chi connectivity index (χ1) is 9.56. The maximum atomic E-state index is 11.4. The van der Waals surface area contributed by atoms with Gasteiger partial charge in [-0.05, 0) is 30.2 Å². The zero-order valence-corrected chi connectivity index (χ0v) is 11.1. The summed E-state index contributed by atoms with van der Waals surface area (Å²) in [6.07, 6.45) is 4.86. The molecule has 1 amide bonds. The number of carbonyl (C=O) groups excluding carboxylic acids is 1. The number of amides is 1. The zero-order chi connectivity index (χ0) is 14.3. The van der Waals surface area contributed by atoms with Crippen LogP contribution in [0.25, 0.3) is 0 Å². The number of anilines is 2. The van der Waals surface area contributed by atoms with Gasteiger partial charge in [-0.3, -0.25) is 4.79 Å². The van der Waals surface area contributed by atoms with Gasteiger partial charge in [-0.15, -0.1) is 0 Å². The zero-order valence-electron chi connectivity index (χ0n) is 11.1. The van der Waals surface area contributed by atoms with Gasteiger partial charge in [-0.2, -0.15) is 0 Å². The van der Waals surface area contributed by atoms with Crippen LogP contribution in [0.1, 0.15) is 24.8 Å². The highest BCUT2D eigenvalue weighted by Crippen LogP contribution is 2.45. The van der Waals surface area contributed by atoms with Gasteiger partial charge >= 0.3 is 5.97 Å². The Balaban J connectivity index is 2.00. The van der Waals surface area contributed by atoms with Gasteiger partial charge in [0, 0.05) is 30.1 Å². The summed E-state index contributed by atoms with van der Waals surface area (Å²) in [5.74, 6) is -0.801. The van der Waals surface area contributed by atoms with E-state index in [9.17, 15) is 14.7 Å². The second-order valence-electron chi connectivity index (χ2n) is 5.30. The summed E-state index contributed by atoms with van der Waals surface area (Å²) in [7, 11) is 0. The van der Waals surface area contributed by atoms with E-state index in [1.807, 2.05) is 18.2 Å². The van der Waals surface area contributed by atoms with Gasteiger partial charge in [0.25, 0.3) is 0 Å². The summed E-state index contributed by atoms with van der Waals surface area (Å²) in [5, 5.41) is 15.2. The van der Waals surface area contributed by atoms with Crippen molar-refractivity contribution in [3.05, 3.63) is 35.9 Å². The first-order valence-electron chi connectivity index (χ1n) is 6.64. The van der Waals surface area contributed by atoms with Crippen molar-refractivity contribution >= 4 is 23.3 Å². The van der Waals surface area contributed by atoms with E-state index in [-0.39, 0.29) is 17.7 Å². The maximum Gasteiger partial charge on any atom is 0.326 e. The van der Waals surface area contributed by atoms with Gasteiger partial charge < -0.3 is 15.7 Å². The van der Waals surface area contributed by atoms with E-state index in [0.717, 1.165) is 23.4 Å². The van der Waals surface area contributed by atoms with Gasteiger partial charge in [0.05, 0.1) is 0 Å². The number of hydrogen-bond acceptors (Lipinski definition) is 3. The maximum absolute atomic E-state index is 11.4. The fraction of sp³-hybridized carbons (Fsp3) is 0.333. The summed E-state index contributed by atoms with van der Waals surface area (Å²) in [6.45, 7) is 1.47. The van der Waals surface area contributed by atoms with E-state index in [1.165, 1.54) is 6.92 Å². The van der Waals surface area contributed by atoms with Crippen LogP contribution < -0.4 is 10.6 Å². The summed E-state index contributed by atoms with van der Waals surface area (Å²) in [6, 6.07) is 4.98. The molecule has 5 nitrogen and oxygen atoms in total. The fourth-order valence-electron chi connectivity index (χ4n) is 3.12. The highest BCUT2D eigenvalue weighted by Gasteiger charge is 2.40. The van der Waals surface area contributed by atoms with Crippen LogP contribution in [0, 0.1) is 5.92 Å². The van der Waals surface area contributed by atoms with Gasteiger partial charge in [0.2, 0.25) is 5.91 Å². The highest BCUT2D eigenvalue weighted by atomic mass is 16.4. The van der Waals surface area contributed by atoms with Crippen molar-refractivity contribution in [2.45, 2.75) is 25.3 Å². The number of hydrogen-bond donors (Lipinski definition) is 3. The molecule has 0 bridgehead atoms. The van der Waals surface area contributed by atoms with Gasteiger partial charge in [-0.1, -0.05) is 12.2 Å². The number of benzene rings is 1. The molecule has 1 heterocycles. The molecule has 0 fully saturated rings. The normalized spacial score (nSPS) is 26.4. The van der Waals surface area contributed by atoms with E-state index in [0.29, 0.717) is 0 Å². The number of fused-ring (bicyclic) bond motifs is 3. The monoisotopic (exact) mass is 272 g/mol. The second-order valence-corrected chi connectivity index (χ2v) is 5.30. The van der Waals surface area contributed by atoms with Crippen LogP contribution >= 0.6 is 0 Å². The second kappa shape index (κ2) is 4.67. The lowest BCUT2D eigenvalue weighted by atomic mass is 9.79. The van der Waals surface area contributed by atoms with Crippen molar-refractivity contribution in [3.63, 3.8) is 0 Å². The molecule has 1 aliphatic heterocycles.